The van der Waals surface area contributed by atoms with Gasteiger partial charge in [-0.15, -0.1) is 22.7 Å². The van der Waals surface area contributed by atoms with Crippen molar-refractivity contribution in [2.75, 3.05) is 0 Å². The van der Waals surface area contributed by atoms with Gasteiger partial charge in [0.1, 0.15) is 9.88 Å². The molecule has 2 aromatic heterocycles. The van der Waals surface area contributed by atoms with Crippen molar-refractivity contribution >= 4 is 40.4 Å². The van der Waals surface area contributed by atoms with Crippen molar-refractivity contribution in [2.24, 2.45) is 0 Å². The van der Waals surface area contributed by atoms with E-state index in [-0.39, 0.29) is 5.91 Å². The van der Waals surface area contributed by atoms with Crippen molar-refractivity contribution in [3.05, 3.63) is 62.8 Å². The van der Waals surface area contributed by atoms with E-state index in [1.165, 1.54) is 29.6 Å². The second-order valence-electron chi connectivity index (χ2n) is 5.88. The Bertz CT molecular complexity index is 1010. The number of thiazole rings is 1. The molecule has 1 aromatic carbocycles. The lowest BCUT2D eigenvalue weighted by Gasteiger charge is -2.05. The molecule has 0 fully saturated rings. The summed E-state index contributed by atoms with van der Waals surface area (Å²) in [5.41, 5.74) is 6.38. The second kappa shape index (κ2) is 8.77. The molecule has 0 aliphatic rings. The predicted molar refractivity (Wildman–Crippen MR) is 109 cm³/mol. The molecular weight excluding hydrogens is 396 g/mol. The van der Waals surface area contributed by atoms with Crippen LogP contribution >= 0.6 is 22.7 Å². The van der Waals surface area contributed by atoms with E-state index in [9.17, 15) is 14.4 Å². The number of nitrogens with zero attached hydrogens (tertiary/aromatic N) is 1. The molecule has 3 rings (SSSR count). The second-order valence-corrected chi connectivity index (χ2v) is 8.05. The van der Waals surface area contributed by atoms with E-state index in [0.717, 1.165) is 15.4 Å². The lowest BCUT2D eigenvalue weighted by atomic mass is 10.2. The minimum Gasteiger partial charge on any atom is -0.351 e. The first-order valence-electron chi connectivity index (χ1n) is 8.40. The van der Waals surface area contributed by atoms with E-state index in [0.29, 0.717) is 22.0 Å². The lowest BCUT2D eigenvalue weighted by molar-refractivity contribution is -0.119. The first-order valence-corrected chi connectivity index (χ1v) is 10.0. The summed E-state index contributed by atoms with van der Waals surface area (Å²) in [6.07, 6.45) is 0. The van der Waals surface area contributed by atoms with Gasteiger partial charge >= 0.3 is 0 Å². The highest BCUT2D eigenvalue weighted by Crippen LogP contribution is 2.27. The van der Waals surface area contributed by atoms with Crippen LogP contribution in [0.15, 0.2) is 42.5 Å². The van der Waals surface area contributed by atoms with Crippen LogP contribution in [-0.4, -0.2) is 22.7 Å². The third-order valence-electron chi connectivity index (χ3n) is 3.71. The van der Waals surface area contributed by atoms with Gasteiger partial charge in [0.05, 0.1) is 17.1 Å². The topological polar surface area (TPSA) is 100 Å². The summed E-state index contributed by atoms with van der Waals surface area (Å²) in [4.78, 5) is 41.8. The fraction of sp³-hybridized carbons (Fsp3) is 0.158. The van der Waals surface area contributed by atoms with Crippen LogP contribution in [0.25, 0.3) is 10.6 Å². The summed E-state index contributed by atoms with van der Waals surface area (Å²) in [6.45, 7) is 3.55. The molecule has 0 aliphatic heterocycles. The van der Waals surface area contributed by atoms with Gasteiger partial charge < -0.3 is 5.32 Å². The molecule has 144 valence electrons. The fourth-order valence-corrected chi connectivity index (χ4v) is 4.16. The minimum absolute atomic E-state index is 0.138. The van der Waals surface area contributed by atoms with E-state index in [1.807, 2.05) is 30.3 Å². The molecule has 0 aliphatic carbocycles. The maximum absolute atomic E-state index is 12.4. The van der Waals surface area contributed by atoms with Gasteiger partial charge in [-0.2, -0.15) is 0 Å². The molecule has 3 aromatic rings. The molecule has 0 saturated carbocycles. The third kappa shape index (κ3) is 4.81. The standard InChI is InChI=1S/C19H18N4O3S2/c1-11-16(28-19(21-11)13-6-4-3-5-7-13)18(26)23-22-17(25)15-9-8-14(27-15)10-20-12(2)24/h3-9H,10H2,1-2H3,(H,20,24)(H,22,25)(H,23,26). The molecular formula is C19H18N4O3S2. The summed E-state index contributed by atoms with van der Waals surface area (Å²) >= 11 is 2.52. The maximum Gasteiger partial charge on any atom is 0.281 e. The van der Waals surface area contributed by atoms with E-state index in [1.54, 1.807) is 19.1 Å². The Morgan fingerprint density at radius 2 is 1.68 bits per heavy atom. The van der Waals surface area contributed by atoms with Crippen molar-refractivity contribution in [1.29, 1.82) is 0 Å². The number of benzene rings is 1. The van der Waals surface area contributed by atoms with Crippen LogP contribution in [0, 0.1) is 6.92 Å². The van der Waals surface area contributed by atoms with Crippen LogP contribution in [0.5, 0.6) is 0 Å². The summed E-state index contributed by atoms with van der Waals surface area (Å²) in [7, 11) is 0. The number of nitrogens with one attached hydrogen (secondary N) is 3. The number of aromatic nitrogens is 1. The monoisotopic (exact) mass is 414 g/mol. The van der Waals surface area contributed by atoms with Crippen LogP contribution in [0.1, 0.15) is 36.8 Å². The number of hydrogen-bond acceptors (Lipinski definition) is 6. The zero-order chi connectivity index (χ0) is 20.1. The van der Waals surface area contributed by atoms with Crippen molar-refractivity contribution < 1.29 is 14.4 Å². The van der Waals surface area contributed by atoms with E-state index >= 15 is 0 Å². The molecule has 0 bridgehead atoms. The number of rotatable bonds is 5. The average molecular weight is 415 g/mol. The first-order chi connectivity index (χ1) is 13.4. The Hall–Kier alpha value is -3.04. The Kier molecular flexibility index (Phi) is 6.17. The summed E-state index contributed by atoms with van der Waals surface area (Å²) < 4.78 is 0. The van der Waals surface area contributed by atoms with Crippen LogP contribution in [0.4, 0.5) is 0 Å². The summed E-state index contributed by atoms with van der Waals surface area (Å²) in [6, 6.07) is 13.0. The van der Waals surface area contributed by atoms with Gasteiger partial charge in [-0.1, -0.05) is 30.3 Å². The van der Waals surface area contributed by atoms with Gasteiger partial charge in [-0.3, -0.25) is 25.2 Å². The SMILES string of the molecule is CC(=O)NCc1ccc(C(=O)NNC(=O)c2sc(-c3ccccc3)nc2C)s1. The highest BCUT2D eigenvalue weighted by atomic mass is 32.1. The van der Waals surface area contributed by atoms with E-state index < -0.39 is 11.8 Å². The summed E-state index contributed by atoms with van der Waals surface area (Å²) in [5.74, 6) is -0.972. The molecule has 28 heavy (non-hydrogen) atoms. The minimum atomic E-state index is -0.419. The van der Waals surface area contributed by atoms with Crippen molar-refractivity contribution in [3.63, 3.8) is 0 Å². The number of carbonyl (C=O) groups excluding carboxylic acids is 3. The number of thiophene rings is 1. The number of carbonyl (C=O) groups is 3. The van der Waals surface area contributed by atoms with Crippen molar-refractivity contribution in [3.8, 4) is 10.6 Å². The van der Waals surface area contributed by atoms with Gasteiger partial charge in [-0.25, -0.2) is 4.98 Å². The molecule has 9 heteroatoms. The maximum atomic E-state index is 12.4. The van der Waals surface area contributed by atoms with Crippen LogP contribution in [0.2, 0.25) is 0 Å². The summed E-state index contributed by atoms with van der Waals surface area (Å²) in [5, 5.41) is 3.42. The third-order valence-corrected chi connectivity index (χ3v) is 6.00. The van der Waals surface area contributed by atoms with E-state index in [2.05, 4.69) is 21.2 Å². The molecule has 0 unspecified atom stereocenters. The van der Waals surface area contributed by atoms with Gasteiger partial charge in [0.2, 0.25) is 5.91 Å². The number of aryl methyl sites for hydroxylation is 1. The lowest BCUT2D eigenvalue weighted by Crippen LogP contribution is -2.41. The van der Waals surface area contributed by atoms with Crippen molar-refractivity contribution in [1.82, 2.24) is 21.2 Å². The smallest absolute Gasteiger partial charge is 0.281 e. The largest absolute Gasteiger partial charge is 0.351 e. The Labute approximate surface area is 169 Å². The molecule has 0 atom stereocenters. The number of hydrazine groups is 1. The Morgan fingerprint density at radius 3 is 2.39 bits per heavy atom. The van der Waals surface area contributed by atoms with E-state index in [4.69, 9.17) is 0 Å². The molecule has 0 radical (unpaired) electrons. The van der Waals surface area contributed by atoms with Crippen LogP contribution in [-0.2, 0) is 11.3 Å². The molecule has 2 heterocycles. The highest BCUT2D eigenvalue weighted by molar-refractivity contribution is 7.17. The zero-order valence-electron chi connectivity index (χ0n) is 15.2. The van der Waals surface area contributed by atoms with Gasteiger partial charge in [0, 0.05) is 17.4 Å². The van der Waals surface area contributed by atoms with Crippen molar-refractivity contribution in [2.45, 2.75) is 20.4 Å². The Morgan fingerprint density at radius 1 is 0.964 bits per heavy atom. The quantitative estimate of drug-likeness (QED) is 0.559. The molecule has 0 spiro atoms. The molecule has 3 amide bonds. The number of hydrogen-bond donors (Lipinski definition) is 3. The predicted octanol–water partition coefficient (Wildman–Crippen LogP) is 2.89. The normalized spacial score (nSPS) is 10.4. The van der Waals surface area contributed by atoms with Crippen LogP contribution in [0.3, 0.4) is 0 Å². The zero-order valence-corrected chi connectivity index (χ0v) is 16.9. The van der Waals surface area contributed by atoms with Crippen LogP contribution < -0.4 is 16.2 Å². The molecule has 3 N–H and O–H groups in total. The van der Waals surface area contributed by atoms with Gasteiger partial charge in [0.15, 0.2) is 0 Å². The Balaban J connectivity index is 1.60. The number of amides is 3. The van der Waals surface area contributed by atoms with Gasteiger partial charge in [-0.05, 0) is 19.1 Å². The highest BCUT2D eigenvalue weighted by Gasteiger charge is 2.17. The van der Waals surface area contributed by atoms with Gasteiger partial charge in [0.25, 0.3) is 11.8 Å². The molecule has 7 nitrogen and oxygen atoms in total. The fourth-order valence-electron chi connectivity index (χ4n) is 2.35. The average Bonchev–Trinajstić information content (AvgIpc) is 3.32. The first kappa shape index (κ1) is 19.7. The molecule has 0 saturated heterocycles.